The van der Waals surface area contributed by atoms with E-state index < -0.39 is 0 Å². The van der Waals surface area contributed by atoms with Gasteiger partial charge in [-0.2, -0.15) is 0 Å². The van der Waals surface area contributed by atoms with Crippen LogP contribution in [0.4, 0.5) is 0 Å². The van der Waals surface area contributed by atoms with E-state index in [9.17, 15) is 9.59 Å². The maximum Gasteiger partial charge on any atom is 0.267 e. The molecule has 0 atom stereocenters. The van der Waals surface area contributed by atoms with Gasteiger partial charge in [-0.25, -0.2) is 0 Å². The summed E-state index contributed by atoms with van der Waals surface area (Å²) in [5, 5.41) is 6.89. The fourth-order valence-electron chi connectivity index (χ4n) is 4.33. The monoisotopic (exact) mass is 525 g/mol. The van der Waals surface area contributed by atoms with Crippen molar-refractivity contribution in [1.29, 1.82) is 0 Å². The summed E-state index contributed by atoms with van der Waals surface area (Å²) in [5.74, 6) is 0.343. The molecular formula is C32H35N3O4. The summed E-state index contributed by atoms with van der Waals surface area (Å²) in [6, 6.07) is 20.8. The predicted octanol–water partition coefficient (Wildman–Crippen LogP) is 5.61. The van der Waals surface area contributed by atoms with Crippen LogP contribution in [0.3, 0.4) is 0 Å². The normalized spacial score (nSPS) is 11.8. The number of aromatic nitrogens is 1. The summed E-state index contributed by atoms with van der Waals surface area (Å²) >= 11 is 0. The van der Waals surface area contributed by atoms with Crippen LogP contribution >= 0.6 is 0 Å². The van der Waals surface area contributed by atoms with Crippen molar-refractivity contribution in [3.63, 3.8) is 0 Å². The molecule has 4 rings (SSSR count). The molecule has 0 saturated carbocycles. The number of fused-ring (bicyclic) bond motifs is 1. The van der Waals surface area contributed by atoms with Crippen molar-refractivity contribution in [2.75, 3.05) is 20.8 Å². The highest BCUT2D eigenvalue weighted by Gasteiger charge is 2.18. The number of hydrogen-bond donors (Lipinski definition) is 3. The van der Waals surface area contributed by atoms with Crippen LogP contribution in [0.15, 0.2) is 78.6 Å². The second kappa shape index (κ2) is 11.9. The van der Waals surface area contributed by atoms with Gasteiger partial charge in [-0.05, 0) is 64.9 Å². The highest BCUT2D eigenvalue weighted by molar-refractivity contribution is 6.05. The van der Waals surface area contributed by atoms with Crippen molar-refractivity contribution >= 4 is 28.8 Å². The highest BCUT2D eigenvalue weighted by atomic mass is 16.5. The molecule has 4 aromatic rings. The summed E-state index contributed by atoms with van der Waals surface area (Å²) in [5.41, 5.74) is 4.53. The molecule has 1 aromatic heterocycles. The number of benzene rings is 3. The van der Waals surface area contributed by atoms with Crippen LogP contribution in [0.1, 0.15) is 47.8 Å². The standard InChI is InChI=1S/C32H35N3O4/c1-32(2,3)24-13-11-22(12-14-24)30(36)35-27(18-21-10-15-28(38-4)29(19-21)39-5)31(37)33-17-16-23-20-34-26-9-7-6-8-25(23)26/h6-15,18-20,34H,16-17H2,1-5H3,(H,33,37)(H,35,36). The number of nitrogens with one attached hydrogen (secondary N) is 3. The quantitative estimate of drug-likeness (QED) is 0.248. The first-order chi connectivity index (χ1) is 18.7. The third-order valence-electron chi connectivity index (χ3n) is 6.58. The molecule has 3 aromatic carbocycles. The molecule has 0 aliphatic carbocycles. The lowest BCUT2D eigenvalue weighted by Gasteiger charge is -2.19. The second-order valence-corrected chi connectivity index (χ2v) is 10.3. The zero-order valence-electron chi connectivity index (χ0n) is 23.1. The van der Waals surface area contributed by atoms with Gasteiger partial charge in [0.1, 0.15) is 5.70 Å². The van der Waals surface area contributed by atoms with Gasteiger partial charge in [0.05, 0.1) is 14.2 Å². The molecule has 0 radical (unpaired) electrons. The number of carbonyl (C=O) groups excluding carboxylic acids is 2. The minimum absolute atomic E-state index is 0.0296. The van der Waals surface area contributed by atoms with Crippen molar-refractivity contribution in [3.05, 3.63) is 101 Å². The van der Waals surface area contributed by atoms with Gasteiger partial charge in [0, 0.05) is 29.2 Å². The van der Waals surface area contributed by atoms with E-state index in [1.54, 1.807) is 50.6 Å². The Labute approximate surface area is 229 Å². The molecule has 0 bridgehead atoms. The van der Waals surface area contributed by atoms with Gasteiger partial charge in [-0.15, -0.1) is 0 Å². The average molecular weight is 526 g/mol. The van der Waals surface area contributed by atoms with Crippen LogP contribution in [0.2, 0.25) is 0 Å². The first kappa shape index (κ1) is 27.5. The van der Waals surface area contributed by atoms with E-state index in [1.807, 2.05) is 36.5 Å². The van der Waals surface area contributed by atoms with Gasteiger partial charge in [-0.3, -0.25) is 9.59 Å². The Hall–Kier alpha value is -4.52. The number of hydrogen-bond acceptors (Lipinski definition) is 4. The van der Waals surface area contributed by atoms with E-state index in [1.165, 1.54) is 0 Å². The molecule has 202 valence electrons. The summed E-state index contributed by atoms with van der Waals surface area (Å²) in [7, 11) is 3.11. The van der Waals surface area contributed by atoms with Crippen molar-refractivity contribution < 1.29 is 19.1 Å². The maximum absolute atomic E-state index is 13.3. The van der Waals surface area contributed by atoms with Crippen molar-refractivity contribution in [3.8, 4) is 11.5 Å². The maximum atomic E-state index is 13.3. The summed E-state index contributed by atoms with van der Waals surface area (Å²) in [6.07, 6.45) is 4.23. The van der Waals surface area contributed by atoms with Crippen molar-refractivity contribution in [1.82, 2.24) is 15.6 Å². The van der Waals surface area contributed by atoms with Crippen molar-refractivity contribution in [2.24, 2.45) is 0 Å². The largest absolute Gasteiger partial charge is 0.493 e. The molecule has 0 aliphatic rings. The number of methoxy groups -OCH3 is 2. The van der Waals surface area contributed by atoms with E-state index in [0.29, 0.717) is 35.6 Å². The van der Waals surface area contributed by atoms with Crippen LogP contribution in [-0.4, -0.2) is 37.6 Å². The van der Waals surface area contributed by atoms with Gasteiger partial charge in [0.15, 0.2) is 11.5 Å². The molecule has 0 aliphatic heterocycles. The van der Waals surface area contributed by atoms with Crippen LogP contribution in [0.25, 0.3) is 17.0 Å². The van der Waals surface area contributed by atoms with E-state index in [-0.39, 0.29) is 22.9 Å². The minimum atomic E-state index is -0.385. The zero-order valence-corrected chi connectivity index (χ0v) is 23.1. The zero-order chi connectivity index (χ0) is 28.0. The van der Waals surface area contributed by atoms with E-state index in [4.69, 9.17) is 9.47 Å². The summed E-state index contributed by atoms with van der Waals surface area (Å²) in [4.78, 5) is 29.7. The van der Waals surface area contributed by atoms with Gasteiger partial charge >= 0.3 is 0 Å². The fraction of sp³-hybridized carbons (Fsp3) is 0.250. The molecule has 0 saturated heterocycles. The Morgan fingerprint density at radius 3 is 2.33 bits per heavy atom. The van der Waals surface area contributed by atoms with Gasteiger partial charge in [0.25, 0.3) is 11.8 Å². The fourth-order valence-corrected chi connectivity index (χ4v) is 4.33. The number of para-hydroxylation sites is 1. The number of aromatic amines is 1. The Kier molecular flexibility index (Phi) is 8.39. The Morgan fingerprint density at radius 1 is 0.923 bits per heavy atom. The molecule has 7 nitrogen and oxygen atoms in total. The number of amides is 2. The van der Waals surface area contributed by atoms with Gasteiger partial charge in [-0.1, -0.05) is 57.2 Å². The SMILES string of the molecule is COc1ccc(C=C(NC(=O)c2ccc(C(C)(C)C)cc2)C(=O)NCCc2c[nH]c3ccccc23)cc1OC. The van der Waals surface area contributed by atoms with Crippen LogP contribution in [0.5, 0.6) is 11.5 Å². The van der Waals surface area contributed by atoms with Crippen LogP contribution in [0, 0.1) is 0 Å². The molecule has 3 N–H and O–H groups in total. The molecular weight excluding hydrogens is 490 g/mol. The Morgan fingerprint density at radius 2 is 1.64 bits per heavy atom. The highest BCUT2D eigenvalue weighted by Crippen LogP contribution is 2.28. The first-order valence-corrected chi connectivity index (χ1v) is 12.9. The van der Waals surface area contributed by atoms with Gasteiger partial charge < -0.3 is 25.1 Å². The van der Waals surface area contributed by atoms with Crippen LogP contribution < -0.4 is 20.1 Å². The van der Waals surface area contributed by atoms with Crippen molar-refractivity contribution in [2.45, 2.75) is 32.6 Å². The Bertz CT molecular complexity index is 1490. The molecule has 39 heavy (non-hydrogen) atoms. The molecule has 0 spiro atoms. The number of H-pyrrole nitrogens is 1. The lowest BCUT2D eigenvalue weighted by atomic mass is 9.87. The predicted molar refractivity (Wildman–Crippen MR) is 155 cm³/mol. The number of rotatable bonds is 9. The molecule has 2 amide bonds. The summed E-state index contributed by atoms with van der Waals surface area (Å²) in [6.45, 7) is 6.76. The van der Waals surface area contributed by atoms with E-state index in [0.717, 1.165) is 22.0 Å². The smallest absolute Gasteiger partial charge is 0.267 e. The molecule has 0 fully saturated rings. The van der Waals surface area contributed by atoms with Crippen LogP contribution in [-0.2, 0) is 16.6 Å². The number of ether oxygens (including phenoxy) is 2. The third kappa shape index (κ3) is 6.68. The topological polar surface area (TPSA) is 92.5 Å². The Balaban J connectivity index is 1.55. The third-order valence-corrected chi connectivity index (χ3v) is 6.58. The summed E-state index contributed by atoms with van der Waals surface area (Å²) < 4.78 is 10.7. The number of carbonyl (C=O) groups is 2. The first-order valence-electron chi connectivity index (χ1n) is 12.9. The molecule has 0 unspecified atom stereocenters. The molecule has 1 heterocycles. The van der Waals surface area contributed by atoms with Gasteiger partial charge in [0.2, 0.25) is 0 Å². The lowest BCUT2D eigenvalue weighted by molar-refractivity contribution is -0.117. The minimum Gasteiger partial charge on any atom is -0.493 e. The lowest BCUT2D eigenvalue weighted by Crippen LogP contribution is -2.35. The van der Waals surface area contributed by atoms with E-state index >= 15 is 0 Å². The van der Waals surface area contributed by atoms with E-state index in [2.05, 4.69) is 42.5 Å². The average Bonchev–Trinajstić information content (AvgIpc) is 3.35. The molecule has 7 heteroatoms. The second-order valence-electron chi connectivity index (χ2n) is 10.3.